The van der Waals surface area contributed by atoms with Crippen LogP contribution in [0.1, 0.15) is 6.92 Å². The third kappa shape index (κ3) is 38.5. The molecule has 0 aromatic heterocycles. The van der Waals surface area contributed by atoms with Crippen LogP contribution in [0.25, 0.3) is 6.15 Å². The Balaban J connectivity index is -0.0000000200. The fourth-order valence-electron chi connectivity index (χ4n) is 0. The van der Waals surface area contributed by atoms with Crippen molar-refractivity contribution >= 4 is 17.6 Å². The van der Waals surface area contributed by atoms with E-state index in [0.717, 1.165) is 0 Å². The normalized spacial score (nSPS) is 2.60. The van der Waals surface area contributed by atoms with Gasteiger partial charge in [-0.05, 0) is 0 Å². The molecule has 0 spiro atoms. The monoisotopic (exact) mass is 164 g/mol. The molecule has 0 fully saturated rings. The first-order valence-corrected chi connectivity index (χ1v) is 1.11. The van der Waals surface area contributed by atoms with Crippen LogP contribution in [0, 0.1) is 0 Å². The summed E-state index contributed by atoms with van der Waals surface area (Å²) < 4.78 is 0. The van der Waals surface area contributed by atoms with E-state index in [1.165, 1.54) is 0 Å². The van der Waals surface area contributed by atoms with Gasteiger partial charge in [-0.2, -0.15) is 6.92 Å². The summed E-state index contributed by atoms with van der Waals surface area (Å²) >= 11 is 4.14. The quantitative estimate of drug-likeness (QED) is 0.395. The molecule has 0 aliphatic carbocycles. The molecular weight excluding hydrogens is 159 g/mol. The molecule has 29 valence electrons. The summed E-state index contributed by atoms with van der Waals surface area (Å²) in [7, 11) is 0. The predicted octanol–water partition coefficient (Wildman–Crippen LogP) is 1.60. The molecular formula is C2H5NSY-2. The van der Waals surface area contributed by atoms with Crippen LogP contribution >= 0.6 is 12.2 Å². The molecule has 0 aromatic rings. The summed E-state index contributed by atoms with van der Waals surface area (Å²) in [4.78, 5) is 0. The van der Waals surface area contributed by atoms with Crippen LogP contribution < -0.4 is 0 Å². The van der Waals surface area contributed by atoms with Gasteiger partial charge >= 0.3 is 0 Å². The Morgan fingerprint density at radius 1 is 1.60 bits per heavy atom. The second-order valence-corrected chi connectivity index (χ2v) is 0.612. The van der Waals surface area contributed by atoms with Crippen molar-refractivity contribution in [3.05, 3.63) is 6.15 Å². The topological polar surface area (TPSA) is 33.5 Å². The third-order valence-corrected chi connectivity index (χ3v) is 0. The summed E-state index contributed by atoms with van der Waals surface area (Å²) in [6.07, 6.45) is 0. The Bertz CT molecular complexity index is 17.1. The largest absolute Gasteiger partial charge is 0.693 e. The van der Waals surface area contributed by atoms with Crippen LogP contribution in [-0.4, -0.2) is 5.37 Å². The first-order chi connectivity index (χ1) is 1.41. The van der Waals surface area contributed by atoms with E-state index >= 15 is 0 Å². The van der Waals surface area contributed by atoms with Crippen LogP contribution in [-0.2, 0) is 32.7 Å². The Labute approximate surface area is 63.0 Å². The molecule has 5 heavy (non-hydrogen) atoms. The van der Waals surface area contributed by atoms with Crippen molar-refractivity contribution in [2.45, 2.75) is 6.92 Å². The van der Waals surface area contributed by atoms with Crippen LogP contribution in [0.2, 0.25) is 0 Å². The second kappa shape index (κ2) is 19.2. The molecule has 0 aliphatic heterocycles. The fourth-order valence-corrected chi connectivity index (χ4v) is 0. The molecule has 0 saturated heterocycles. The molecule has 1 radical (unpaired) electrons. The minimum absolute atomic E-state index is 0. The summed E-state index contributed by atoms with van der Waals surface area (Å²) in [5.74, 6) is 0. The van der Waals surface area contributed by atoms with Gasteiger partial charge in [0, 0.05) is 32.7 Å². The van der Waals surface area contributed by atoms with E-state index in [-0.39, 0.29) is 38.9 Å². The third-order valence-electron chi connectivity index (χ3n) is 0. The number of nitrogens with two attached hydrogens (primary N) is 1. The molecule has 0 amide bonds. The van der Waals surface area contributed by atoms with Crippen LogP contribution in [0.15, 0.2) is 0 Å². The smallest absolute Gasteiger partial charge is 0 e. The van der Waals surface area contributed by atoms with Gasteiger partial charge in [0.1, 0.15) is 0 Å². The molecule has 3 heteroatoms. The van der Waals surface area contributed by atoms with E-state index in [2.05, 4.69) is 17.6 Å². The van der Waals surface area contributed by atoms with Gasteiger partial charge in [-0.1, -0.05) is 0 Å². The van der Waals surface area contributed by atoms with Gasteiger partial charge in [0.05, 0.1) is 0 Å². The Kier molecular flexibility index (Phi) is 63.0. The van der Waals surface area contributed by atoms with Crippen molar-refractivity contribution in [3.63, 3.8) is 0 Å². The molecule has 0 unspecified atom stereocenters. The van der Waals surface area contributed by atoms with Gasteiger partial charge < -0.3 is 23.7 Å². The van der Waals surface area contributed by atoms with E-state index in [1.54, 1.807) is 6.92 Å². The molecule has 0 aromatic carbocycles. The van der Waals surface area contributed by atoms with Crippen LogP contribution in [0.4, 0.5) is 0 Å². The summed E-state index contributed by atoms with van der Waals surface area (Å²) in [5, 5.41) is 2.33. The van der Waals surface area contributed by atoms with Gasteiger partial charge in [0.25, 0.3) is 0 Å². The maximum Gasteiger partial charge on any atom is 0 e. The number of hydrogen-bond donors (Lipinski definition) is 0. The minimum Gasteiger partial charge on any atom is -0.693 e. The molecule has 0 aliphatic rings. The van der Waals surface area contributed by atoms with Gasteiger partial charge in [-0.15, -0.1) is 0 Å². The van der Waals surface area contributed by atoms with Crippen molar-refractivity contribution in [3.8, 4) is 0 Å². The maximum absolute atomic E-state index is 4.14. The van der Waals surface area contributed by atoms with E-state index in [0.29, 0.717) is 0 Å². The van der Waals surface area contributed by atoms with E-state index in [1.807, 2.05) is 0 Å². The second-order valence-electron chi connectivity index (χ2n) is 0.204. The molecule has 0 rings (SSSR count). The van der Waals surface area contributed by atoms with Crippen LogP contribution in [0.3, 0.4) is 0 Å². The Morgan fingerprint density at radius 2 is 1.60 bits per heavy atom. The maximum atomic E-state index is 4.14. The van der Waals surface area contributed by atoms with Crippen molar-refractivity contribution < 1.29 is 32.7 Å². The zero-order chi connectivity index (χ0) is 2.71. The molecule has 0 saturated carbocycles. The minimum atomic E-state index is 0. The van der Waals surface area contributed by atoms with Crippen LogP contribution in [0.5, 0.6) is 0 Å². The van der Waals surface area contributed by atoms with E-state index in [9.17, 15) is 0 Å². The number of hydrogen-bond acceptors (Lipinski definition) is 1. The van der Waals surface area contributed by atoms with Crippen molar-refractivity contribution in [1.29, 1.82) is 0 Å². The van der Waals surface area contributed by atoms with Gasteiger partial charge in [0.15, 0.2) is 0 Å². The SMILES string of the molecule is C[C-]=S.[NH2-].[Y]. The van der Waals surface area contributed by atoms with E-state index < -0.39 is 0 Å². The number of rotatable bonds is 0. The average Bonchev–Trinajstić information content (AvgIpc) is 0.918. The zero-order valence-electron chi connectivity index (χ0n) is 3.06. The first kappa shape index (κ1) is 16.4. The van der Waals surface area contributed by atoms with Gasteiger partial charge in [0.2, 0.25) is 0 Å². The molecule has 0 heterocycles. The molecule has 2 N–H and O–H groups in total. The predicted molar refractivity (Wildman–Crippen MR) is 23.6 cm³/mol. The Hall–Kier alpha value is 1.15. The average molecular weight is 164 g/mol. The van der Waals surface area contributed by atoms with Crippen molar-refractivity contribution in [2.75, 3.05) is 0 Å². The summed E-state index contributed by atoms with van der Waals surface area (Å²) in [5.41, 5.74) is 0. The summed E-state index contributed by atoms with van der Waals surface area (Å²) in [6.45, 7) is 1.69. The van der Waals surface area contributed by atoms with E-state index in [4.69, 9.17) is 0 Å². The van der Waals surface area contributed by atoms with Gasteiger partial charge in [-0.3, -0.25) is 0 Å². The number of thiocarbonyl (C=S) groups is 1. The van der Waals surface area contributed by atoms with Crippen molar-refractivity contribution in [2.24, 2.45) is 0 Å². The standard InChI is InChI=1S/C2H3S.H2N.Y/c1-2-3;;/h1H3;1H2;/q2*-1;. The zero-order valence-corrected chi connectivity index (χ0v) is 6.72. The fraction of sp³-hybridized carbons (Fsp3) is 0.500. The van der Waals surface area contributed by atoms with Gasteiger partial charge in [-0.25, -0.2) is 0 Å². The molecule has 0 bridgehead atoms. The van der Waals surface area contributed by atoms with Crippen molar-refractivity contribution in [1.82, 2.24) is 0 Å². The Morgan fingerprint density at radius 3 is 1.60 bits per heavy atom. The summed E-state index contributed by atoms with van der Waals surface area (Å²) in [6, 6.07) is 0. The first-order valence-electron chi connectivity index (χ1n) is 0.704. The molecule has 1 nitrogen and oxygen atoms in total. The molecule has 0 atom stereocenters.